The van der Waals surface area contributed by atoms with E-state index >= 15 is 4.39 Å². The van der Waals surface area contributed by atoms with Gasteiger partial charge in [0.05, 0.1) is 11.1 Å². The highest BCUT2D eigenvalue weighted by molar-refractivity contribution is 14.1. The summed E-state index contributed by atoms with van der Waals surface area (Å²) in [5.74, 6) is -0.871. The lowest BCUT2D eigenvalue weighted by atomic mass is 9.63. The summed E-state index contributed by atoms with van der Waals surface area (Å²) in [5.41, 5.74) is 3.66. The van der Waals surface area contributed by atoms with Crippen LogP contribution in [0.2, 0.25) is 0 Å². The highest BCUT2D eigenvalue weighted by Crippen LogP contribution is 2.54. The maximum absolute atomic E-state index is 15.2. The molecule has 5 rings (SSSR count). The van der Waals surface area contributed by atoms with Crippen LogP contribution >= 0.6 is 22.6 Å². The maximum atomic E-state index is 15.2. The average Bonchev–Trinajstić information content (AvgIpc) is 3.35. The van der Waals surface area contributed by atoms with Crippen LogP contribution in [-0.2, 0) is 15.0 Å². The van der Waals surface area contributed by atoms with Crippen LogP contribution in [0.3, 0.4) is 0 Å². The molecule has 2 unspecified atom stereocenters. The Morgan fingerprint density at radius 1 is 1.10 bits per heavy atom. The minimum Gasteiger partial charge on any atom is -0.326 e. The van der Waals surface area contributed by atoms with Crippen LogP contribution in [0, 0.1) is 34.5 Å². The van der Waals surface area contributed by atoms with E-state index in [1.165, 1.54) is 12.1 Å². The predicted octanol–water partition coefficient (Wildman–Crippen LogP) is 6.82. The minimum atomic E-state index is -0.801. The van der Waals surface area contributed by atoms with Crippen LogP contribution in [0.15, 0.2) is 54.6 Å². The molecule has 0 radical (unpaired) electrons. The molecule has 1 fully saturated rings. The number of aryl methyl sites for hydroxylation is 2. The van der Waals surface area contributed by atoms with Gasteiger partial charge in [-0.3, -0.25) is 9.59 Å². The van der Waals surface area contributed by atoms with E-state index in [0.29, 0.717) is 24.1 Å². The molecule has 3 aromatic carbocycles. The topological polar surface area (TPSA) is 70.2 Å². The molecule has 0 aromatic heterocycles. The van der Waals surface area contributed by atoms with Gasteiger partial charge in [-0.15, -0.1) is 0 Å². The molecule has 3 aromatic rings. The molecular weight excluding hydrogens is 611 g/mol. The predicted molar refractivity (Wildman–Crippen MR) is 160 cm³/mol. The van der Waals surface area contributed by atoms with Gasteiger partial charge in [-0.25, -0.2) is 8.78 Å². The summed E-state index contributed by atoms with van der Waals surface area (Å²) >= 11 is 1.99. The summed E-state index contributed by atoms with van der Waals surface area (Å²) in [6.07, 6.45) is 1.28. The van der Waals surface area contributed by atoms with Crippen molar-refractivity contribution in [1.82, 2.24) is 5.32 Å². The fraction of sp³-hybridized carbons (Fsp3) is 0.355. The van der Waals surface area contributed by atoms with Crippen LogP contribution in [0.25, 0.3) is 0 Å². The summed E-state index contributed by atoms with van der Waals surface area (Å²) < 4.78 is 28.8. The van der Waals surface area contributed by atoms with Crippen molar-refractivity contribution in [1.29, 1.82) is 0 Å². The lowest BCUT2D eigenvalue weighted by molar-refractivity contribution is -0.122. The van der Waals surface area contributed by atoms with Crippen LogP contribution in [0.5, 0.6) is 0 Å². The monoisotopic (exact) mass is 645 g/mol. The first kappa shape index (κ1) is 29.1. The third kappa shape index (κ3) is 5.72. The Kier molecular flexibility index (Phi) is 8.47. The highest BCUT2D eigenvalue weighted by atomic mass is 127. The van der Waals surface area contributed by atoms with Crippen molar-refractivity contribution in [3.63, 3.8) is 0 Å². The van der Waals surface area contributed by atoms with Gasteiger partial charge in [-0.2, -0.15) is 0 Å². The quantitative estimate of drug-likeness (QED) is 0.216. The molecule has 2 heterocycles. The number of hydrogen-bond donors (Lipinski definition) is 3. The number of anilines is 2. The zero-order chi connectivity index (χ0) is 28.5. The Morgan fingerprint density at radius 3 is 2.51 bits per heavy atom. The Morgan fingerprint density at radius 2 is 1.85 bits per heavy atom. The lowest BCUT2D eigenvalue weighted by Gasteiger charge is -2.37. The molecule has 3 N–H and O–H groups in total. The molecule has 2 aliphatic heterocycles. The summed E-state index contributed by atoms with van der Waals surface area (Å²) in [5, 5.41) is 8.96. The Bertz CT molecular complexity index is 1410. The van der Waals surface area contributed by atoms with Gasteiger partial charge in [0.25, 0.3) is 0 Å². The first-order valence-electron chi connectivity index (χ1n) is 12.9. The summed E-state index contributed by atoms with van der Waals surface area (Å²) in [6.45, 7) is 11.0. The van der Waals surface area contributed by atoms with E-state index in [0.717, 1.165) is 26.8 Å². The largest absolute Gasteiger partial charge is 0.326 e. The molecule has 0 saturated carbocycles. The van der Waals surface area contributed by atoms with Crippen molar-refractivity contribution in [3.05, 3.63) is 92.1 Å². The van der Waals surface area contributed by atoms with Crippen molar-refractivity contribution < 1.29 is 18.4 Å². The highest BCUT2D eigenvalue weighted by Gasteiger charge is 2.61. The molecule has 206 valence electrons. The number of amides is 2. The fourth-order valence-corrected chi connectivity index (χ4v) is 6.25. The molecule has 2 aliphatic rings. The molecule has 1 saturated heterocycles. The van der Waals surface area contributed by atoms with E-state index in [9.17, 15) is 14.0 Å². The van der Waals surface area contributed by atoms with Crippen LogP contribution in [-0.4, -0.2) is 24.9 Å². The number of halogens is 3. The van der Waals surface area contributed by atoms with E-state index in [-0.39, 0.29) is 34.8 Å². The van der Waals surface area contributed by atoms with Gasteiger partial charge in [0.1, 0.15) is 11.6 Å². The van der Waals surface area contributed by atoms with E-state index in [2.05, 4.69) is 48.9 Å². The third-order valence-corrected chi connectivity index (χ3v) is 8.14. The second-order valence-electron chi connectivity index (χ2n) is 11.5. The van der Waals surface area contributed by atoms with E-state index < -0.39 is 11.2 Å². The third-order valence-electron chi connectivity index (χ3n) is 7.47. The number of benzene rings is 3. The van der Waals surface area contributed by atoms with Crippen molar-refractivity contribution in [2.24, 2.45) is 5.41 Å². The second kappa shape index (κ2) is 11.3. The maximum Gasteiger partial charge on any atom is 0.237 e. The summed E-state index contributed by atoms with van der Waals surface area (Å²) in [6, 6.07) is 16.2. The molecule has 0 aliphatic carbocycles. The zero-order valence-electron chi connectivity index (χ0n) is 22.8. The van der Waals surface area contributed by atoms with Gasteiger partial charge >= 0.3 is 0 Å². The number of fused-ring (bicyclic) bond motifs is 2. The van der Waals surface area contributed by atoms with Gasteiger partial charge in [-0.1, -0.05) is 51.1 Å². The Hall–Kier alpha value is -2.85. The SMILES string of the molecule is Cc1ccc2c(c1)NC(=O)[C@@]21C(CC(C)(C)C)NCC1c1cccc(C)c1F.O=CNc1ccc(I)cc1F. The molecule has 5 nitrogen and oxygen atoms in total. The number of hydrogen-bond acceptors (Lipinski definition) is 3. The van der Waals surface area contributed by atoms with Crippen LogP contribution < -0.4 is 16.0 Å². The second-order valence-corrected chi connectivity index (χ2v) is 12.8. The number of nitrogens with one attached hydrogen (secondary N) is 3. The first-order chi connectivity index (χ1) is 18.4. The van der Waals surface area contributed by atoms with E-state index in [1.807, 2.05) is 47.7 Å². The molecule has 39 heavy (non-hydrogen) atoms. The fourth-order valence-electron chi connectivity index (χ4n) is 5.80. The lowest BCUT2D eigenvalue weighted by Crippen LogP contribution is -2.49. The normalized spacial score (nSPS) is 21.7. The molecule has 1 spiro atoms. The molecule has 8 heteroatoms. The Labute approximate surface area is 242 Å². The van der Waals surface area contributed by atoms with Gasteiger partial charge < -0.3 is 16.0 Å². The van der Waals surface area contributed by atoms with Crippen LogP contribution in [0.1, 0.15) is 55.4 Å². The van der Waals surface area contributed by atoms with Crippen molar-refractivity contribution in [2.45, 2.75) is 58.4 Å². The van der Waals surface area contributed by atoms with Gasteiger partial charge in [0.2, 0.25) is 12.3 Å². The van der Waals surface area contributed by atoms with Gasteiger partial charge in [-0.05, 0) is 94.8 Å². The minimum absolute atomic E-state index is 0.0155. The zero-order valence-corrected chi connectivity index (χ0v) is 25.0. The molecular formula is C31H34F2IN3O2. The number of carbonyl (C=O) groups is 2. The average molecular weight is 646 g/mol. The smallest absolute Gasteiger partial charge is 0.237 e. The van der Waals surface area contributed by atoms with E-state index in [1.54, 1.807) is 19.1 Å². The summed E-state index contributed by atoms with van der Waals surface area (Å²) in [7, 11) is 0. The van der Waals surface area contributed by atoms with Gasteiger partial charge in [0.15, 0.2) is 0 Å². The standard InChI is InChI=1S/C24H29FN2O.C7H5FINO/c1-14-9-10-17-19(11-14)27-22(28)24(17)18(13-26-20(24)12-23(3,4)5)16-8-6-7-15(2)21(16)25;8-6-3-5(9)1-2-7(6)10-4-11/h6-11,18,20,26H,12-13H2,1-5H3,(H,27,28);1-4H,(H,10,11)/t18?,20?,24-;/m0./s1. The van der Waals surface area contributed by atoms with Crippen molar-refractivity contribution >= 4 is 46.3 Å². The van der Waals surface area contributed by atoms with E-state index in [4.69, 9.17) is 0 Å². The first-order valence-corrected chi connectivity index (χ1v) is 14.0. The van der Waals surface area contributed by atoms with Crippen LogP contribution in [0.4, 0.5) is 20.2 Å². The van der Waals surface area contributed by atoms with Crippen molar-refractivity contribution in [3.8, 4) is 0 Å². The molecule has 2 amide bonds. The van der Waals surface area contributed by atoms with Crippen molar-refractivity contribution in [2.75, 3.05) is 17.2 Å². The number of rotatable bonds is 4. The van der Waals surface area contributed by atoms with Gasteiger partial charge in [0, 0.05) is 27.8 Å². The summed E-state index contributed by atoms with van der Waals surface area (Å²) in [4.78, 5) is 23.5. The molecule has 0 bridgehead atoms. The molecule has 3 atom stereocenters. The number of carbonyl (C=O) groups excluding carboxylic acids is 2. The Balaban J connectivity index is 0.000000270.